The highest BCUT2D eigenvalue weighted by Gasteiger charge is 2.02. The Labute approximate surface area is 108 Å². The number of pyridine rings is 1. The van der Waals surface area contributed by atoms with Crippen LogP contribution in [-0.2, 0) is 6.61 Å². The quantitative estimate of drug-likeness (QED) is 0.857. The first-order chi connectivity index (χ1) is 8.15. The average Bonchev–Trinajstić information content (AvgIpc) is 2.28. The maximum absolute atomic E-state index is 12.9. The third kappa shape index (κ3) is 3.27. The van der Waals surface area contributed by atoms with Crippen molar-refractivity contribution in [3.05, 3.63) is 58.1 Å². The Hall–Kier alpha value is -1.42. The minimum atomic E-state index is -0.227. The maximum Gasteiger partial charge on any atom is 0.139 e. The number of ether oxygens (including phenoxy) is 1. The summed E-state index contributed by atoms with van der Waals surface area (Å²) in [5.41, 5.74) is 1.85. The first kappa shape index (κ1) is 12.0. The van der Waals surface area contributed by atoms with Crippen LogP contribution in [-0.4, -0.2) is 4.98 Å². The molecule has 0 atom stereocenters. The summed E-state index contributed by atoms with van der Waals surface area (Å²) in [6.07, 6.45) is 3.33. The third-order valence-electron chi connectivity index (χ3n) is 2.38. The Kier molecular flexibility index (Phi) is 3.74. The van der Waals surface area contributed by atoms with Gasteiger partial charge < -0.3 is 4.74 Å². The molecule has 0 N–H and O–H groups in total. The van der Waals surface area contributed by atoms with Gasteiger partial charge in [0, 0.05) is 10.7 Å². The van der Waals surface area contributed by atoms with Crippen molar-refractivity contribution < 1.29 is 9.13 Å². The van der Waals surface area contributed by atoms with Crippen LogP contribution >= 0.6 is 15.9 Å². The molecule has 0 amide bonds. The van der Waals surface area contributed by atoms with E-state index in [4.69, 9.17) is 4.74 Å². The number of hydrogen-bond acceptors (Lipinski definition) is 2. The van der Waals surface area contributed by atoms with Gasteiger partial charge in [0.15, 0.2) is 0 Å². The minimum absolute atomic E-state index is 0.227. The number of aryl methyl sites for hydroxylation is 1. The smallest absolute Gasteiger partial charge is 0.139 e. The second-order valence-corrected chi connectivity index (χ2v) is 4.61. The van der Waals surface area contributed by atoms with Gasteiger partial charge in [-0.1, -0.05) is 6.07 Å². The molecule has 0 aliphatic carbocycles. The Morgan fingerprint density at radius 3 is 2.82 bits per heavy atom. The van der Waals surface area contributed by atoms with Crippen LogP contribution in [0.5, 0.6) is 5.75 Å². The monoisotopic (exact) mass is 295 g/mol. The number of halogens is 2. The highest BCUT2D eigenvalue weighted by Crippen LogP contribution is 2.18. The Morgan fingerprint density at radius 2 is 2.12 bits per heavy atom. The van der Waals surface area contributed by atoms with E-state index in [9.17, 15) is 4.39 Å². The zero-order chi connectivity index (χ0) is 12.3. The van der Waals surface area contributed by atoms with Crippen LogP contribution in [0, 0.1) is 12.7 Å². The molecule has 88 valence electrons. The number of rotatable bonds is 3. The lowest BCUT2D eigenvalue weighted by atomic mass is 10.1. The summed E-state index contributed by atoms with van der Waals surface area (Å²) >= 11 is 3.32. The summed E-state index contributed by atoms with van der Waals surface area (Å²) in [6, 6.07) is 6.50. The third-order valence-corrected chi connectivity index (χ3v) is 2.81. The van der Waals surface area contributed by atoms with Crippen LogP contribution in [0.15, 0.2) is 41.1 Å². The number of aromatic nitrogens is 1. The lowest BCUT2D eigenvalue weighted by Crippen LogP contribution is -1.98. The topological polar surface area (TPSA) is 22.1 Å². The van der Waals surface area contributed by atoms with Crippen molar-refractivity contribution in [3.8, 4) is 5.75 Å². The Balaban J connectivity index is 2.07. The van der Waals surface area contributed by atoms with Crippen LogP contribution in [0.3, 0.4) is 0 Å². The molecule has 0 saturated heterocycles. The van der Waals surface area contributed by atoms with Gasteiger partial charge in [0.2, 0.25) is 0 Å². The summed E-state index contributed by atoms with van der Waals surface area (Å²) in [5, 5.41) is 0. The highest BCUT2D eigenvalue weighted by atomic mass is 79.9. The molecular weight excluding hydrogens is 285 g/mol. The fourth-order valence-corrected chi connectivity index (χ4v) is 1.80. The molecule has 1 aromatic carbocycles. The summed E-state index contributed by atoms with van der Waals surface area (Å²) < 4.78 is 19.4. The van der Waals surface area contributed by atoms with E-state index in [1.165, 1.54) is 12.1 Å². The molecule has 0 bridgehead atoms. The van der Waals surface area contributed by atoms with Crippen LogP contribution in [0.1, 0.15) is 11.1 Å². The van der Waals surface area contributed by atoms with Gasteiger partial charge in [-0.05, 0) is 52.2 Å². The van der Waals surface area contributed by atoms with Crippen LogP contribution in [0.2, 0.25) is 0 Å². The molecule has 0 spiro atoms. The van der Waals surface area contributed by atoms with Crippen molar-refractivity contribution in [1.82, 2.24) is 4.98 Å². The number of benzene rings is 1. The van der Waals surface area contributed by atoms with Gasteiger partial charge in [-0.2, -0.15) is 0 Å². The molecule has 2 rings (SSSR count). The number of nitrogens with zero attached hydrogens (tertiary/aromatic N) is 1. The van der Waals surface area contributed by atoms with Gasteiger partial charge in [-0.25, -0.2) is 4.39 Å². The van der Waals surface area contributed by atoms with E-state index >= 15 is 0 Å². The normalized spacial score (nSPS) is 10.3. The second-order valence-electron chi connectivity index (χ2n) is 3.70. The van der Waals surface area contributed by atoms with E-state index in [0.29, 0.717) is 12.4 Å². The molecule has 2 nitrogen and oxygen atoms in total. The predicted octanol–water partition coefficient (Wildman–Crippen LogP) is 3.87. The van der Waals surface area contributed by atoms with Crippen molar-refractivity contribution in [2.75, 3.05) is 0 Å². The molecule has 0 aliphatic rings. The SMILES string of the molecule is Cc1cc(F)ccc1COc1cncc(Br)c1. The maximum atomic E-state index is 12.9. The molecule has 4 heteroatoms. The van der Waals surface area contributed by atoms with Crippen molar-refractivity contribution in [2.45, 2.75) is 13.5 Å². The van der Waals surface area contributed by atoms with Gasteiger partial charge in [0.05, 0.1) is 6.20 Å². The molecule has 0 fully saturated rings. The average molecular weight is 296 g/mol. The molecule has 1 aromatic heterocycles. The minimum Gasteiger partial charge on any atom is -0.487 e. The first-order valence-electron chi connectivity index (χ1n) is 5.13. The largest absolute Gasteiger partial charge is 0.487 e. The summed E-state index contributed by atoms with van der Waals surface area (Å²) in [6.45, 7) is 2.27. The van der Waals surface area contributed by atoms with Crippen LogP contribution in [0.4, 0.5) is 4.39 Å². The molecule has 17 heavy (non-hydrogen) atoms. The second kappa shape index (κ2) is 5.27. The van der Waals surface area contributed by atoms with E-state index in [1.807, 2.05) is 13.0 Å². The lowest BCUT2D eigenvalue weighted by Gasteiger charge is -2.08. The van der Waals surface area contributed by atoms with Gasteiger partial charge >= 0.3 is 0 Å². The fraction of sp³-hybridized carbons (Fsp3) is 0.154. The van der Waals surface area contributed by atoms with Gasteiger partial charge in [0.25, 0.3) is 0 Å². The lowest BCUT2D eigenvalue weighted by molar-refractivity contribution is 0.304. The molecule has 0 radical (unpaired) electrons. The molecule has 2 aromatic rings. The van der Waals surface area contributed by atoms with Gasteiger partial charge in [-0.15, -0.1) is 0 Å². The van der Waals surface area contributed by atoms with Gasteiger partial charge in [0.1, 0.15) is 18.2 Å². The summed E-state index contributed by atoms with van der Waals surface area (Å²) in [5.74, 6) is 0.457. The molecule has 0 unspecified atom stereocenters. The zero-order valence-electron chi connectivity index (χ0n) is 9.28. The van der Waals surface area contributed by atoms with Crippen LogP contribution in [0.25, 0.3) is 0 Å². The van der Waals surface area contributed by atoms with E-state index in [0.717, 1.165) is 15.6 Å². The molecular formula is C13H11BrFNO. The predicted molar refractivity (Wildman–Crippen MR) is 67.4 cm³/mol. The van der Waals surface area contributed by atoms with E-state index in [2.05, 4.69) is 20.9 Å². The van der Waals surface area contributed by atoms with Crippen molar-refractivity contribution in [1.29, 1.82) is 0 Å². The van der Waals surface area contributed by atoms with E-state index in [1.54, 1.807) is 18.5 Å². The van der Waals surface area contributed by atoms with Crippen LogP contribution < -0.4 is 4.74 Å². The van der Waals surface area contributed by atoms with Crippen molar-refractivity contribution in [3.63, 3.8) is 0 Å². The van der Waals surface area contributed by atoms with Gasteiger partial charge in [-0.3, -0.25) is 4.98 Å². The molecule has 1 heterocycles. The summed E-state index contributed by atoms with van der Waals surface area (Å²) in [4.78, 5) is 4.00. The van der Waals surface area contributed by atoms with E-state index < -0.39 is 0 Å². The summed E-state index contributed by atoms with van der Waals surface area (Å²) in [7, 11) is 0. The highest BCUT2D eigenvalue weighted by molar-refractivity contribution is 9.10. The van der Waals surface area contributed by atoms with Crippen molar-refractivity contribution in [2.24, 2.45) is 0 Å². The molecule has 0 saturated carbocycles. The molecule has 0 aliphatic heterocycles. The fourth-order valence-electron chi connectivity index (χ4n) is 1.45. The zero-order valence-corrected chi connectivity index (χ0v) is 10.9. The Bertz CT molecular complexity index is 531. The number of hydrogen-bond donors (Lipinski definition) is 0. The van der Waals surface area contributed by atoms with Crippen molar-refractivity contribution >= 4 is 15.9 Å². The Morgan fingerprint density at radius 1 is 1.29 bits per heavy atom. The first-order valence-corrected chi connectivity index (χ1v) is 5.93. The standard InChI is InChI=1S/C13H11BrFNO/c1-9-4-12(15)3-2-10(9)8-17-13-5-11(14)6-16-7-13/h2-7H,8H2,1H3. The van der Waals surface area contributed by atoms with E-state index in [-0.39, 0.29) is 5.82 Å².